The molecule has 1 aliphatic rings. The van der Waals surface area contributed by atoms with E-state index in [1.54, 1.807) is 6.07 Å². The van der Waals surface area contributed by atoms with Gasteiger partial charge >= 0.3 is 6.01 Å². The normalized spacial score (nSPS) is 15.2. The van der Waals surface area contributed by atoms with Gasteiger partial charge in [0.25, 0.3) is 5.89 Å². The molecule has 1 saturated heterocycles. The third-order valence-corrected chi connectivity index (χ3v) is 5.43. The van der Waals surface area contributed by atoms with Crippen LogP contribution in [-0.2, 0) is 6.42 Å². The van der Waals surface area contributed by atoms with Gasteiger partial charge in [0.1, 0.15) is 5.82 Å². The molecule has 31 heavy (non-hydrogen) atoms. The summed E-state index contributed by atoms with van der Waals surface area (Å²) in [5.74, 6) is -2.74. The monoisotopic (exact) mass is 431 g/mol. The number of nitrogens with one attached hydrogen (secondary N) is 1. The van der Waals surface area contributed by atoms with Crippen LogP contribution in [0.15, 0.2) is 34.7 Å². The Labute approximate surface area is 178 Å². The highest BCUT2D eigenvalue weighted by Gasteiger charge is 2.23. The Morgan fingerprint density at radius 2 is 1.84 bits per heavy atom. The lowest BCUT2D eigenvalue weighted by Crippen LogP contribution is -2.28. The van der Waals surface area contributed by atoms with E-state index in [9.17, 15) is 13.2 Å². The van der Waals surface area contributed by atoms with Crippen LogP contribution in [0.5, 0.6) is 0 Å². The Kier molecular flexibility index (Phi) is 6.13. The highest BCUT2D eigenvalue weighted by molar-refractivity contribution is 5.78. The fourth-order valence-corrected chi connectivity index (χ4v) is 3.56. The van der Waals surface area contributed by atoms with Crippen molar-refractivity contribution in [3.8, 4) is 11.5 Å². The highest BCUT2D eigenvalue weighted by Crippen LogP contribution is 2.35. The van der Waals surface area contributed by atoms with E-state index in [0.717, 1.165) is 44.2 Å². The van der Waals surface area contributed by atoms with E-state index >= 15 is 0 Å². The molecule has 0 spiro atoms. The Bertz CT molecular complexity index is 1070. The number of rotatable bonds is 5. The molecule has 1 N–H and O–H groups in total. The summed E-state index contributed by atoms with van der Waals surface area (Å²) >= 11 is 0. The van der Waals surface area contributed by atoms with Gasteiger partial charge in [0.15, 0.2) is 11.6 Å². The molecule has 9 heteroatoms. The molecule has 2 aromatic carbocycles. The predicted molar refractivity (Wildman–Crippen MR) is 113 cm³/mol. The fraction of sp³-hybridized carbons (Fsp3) is 0.364. The second-order valence-corrected chi connectivity index (χ2v) is 7.61. The van der Waals surface area contributed by atoms with Crippen molar-refractivity contribution in [2.24, 2.45) is 0 Å². The summed E-state index contributed by atoms with van der Waals surface area (Å²) in [5, 5.41) is 10.8. The van der Waals surface area contributed by atoms with Crippen molar-refractivity contribution in [1.82, 2.24) is 15.1 Å². The zero-order valence-electron chi connectivity index (χ0n) is 17.5. The van der Waals surface area contributed by atoms with E-state index in [1.165, 1.54) is 18.2 Å². The summed E-state index contributed by atoms with van der Waals surface area (Å²) < 4.78 is 49.0. The summed E-state index contributed by atoms with van der Waals surface area (Å²) in [4.78, 5) is 4.18. The maximum Gasteiger partial charge on any atom is 0.318 e. The van der Waals surface area contributed by atoms with Gasteiger partial charge in [-0.25, -0.2) is 13.2 Å². The SMILES string of the molecule is CCc1ccc(Nc2c(-c3nnc(N4CCCN(C)CC4)o3)ccc(F)c2F)c(F)c1. The number of hydrogen-bond donors (Lipinski definition) is 1. The number of benzene rings is 2. The van der Waals surface area contributed by atoms with Crippen LogP contribution < -0.4 is 10.2 Å². The van der Waals surface area contributed by atoms with Gasteiger partial charge < -0.3 is 19.5 Å². The minimum atomic E-state index is -1.15. The number of halogens is 3. The largest absolute Gasteiger partial charge is 0.403 e. The lowest BCUT2D eigenvalue weighted by molar-refractivity contribution is 0.359. The van der Waals surface area contributed by atoms with E-state index in [4.69, 9.17) is 4.42 Å². The third kappa shape index (κ3) is 4.51. The molecule has 6 nitrogen and oxygen atoms in total. The molecule has 3 aromatic rings. The average Bonchev–Trinajstić information content (AvgIpc) is 3.14. The molecular formula is C22H24F3N5O. The second kappa shape index (κ2) is 8.97. The number of aryl methyl sites for hydroxylation is 1. The molecule has 0 aliphatic carbocycles. The van der Waals surface area contributed by atoms with Gasteiger partial charge in [0.2, 0.25) is 0 Å². The maximum atomic E-state index is 14.7. The molecule has 2 heterocycles. The lowest BCUT2D eigenvalue weighted by Gasteiger charge is -2.17. The zero-order chi connectivity index (χ0) is 22.0. The number of likely N-dealkylation sites (N-methyl/N-ethyl adjacent to an activating group) is 1. The number of nitrogens with zero attached hydrogens (tertiary/aromatic N) is 4. The smallest absolute Gasteiger partial charge is 0.318 e. The molecular weight excluding hydrogens is 407 g/mol. The van der Waals surface area contributed by atoms with Crippen molar-refractivity contribution in [2.75, 3.05) is 43.4 Å². The molecule has 0 unspecified atom stereocenters. The van der Waals surface area contributed by atoms with E-state index in [1.807, 2.05) is 18.9 Å². The number of anilines is 3. The van der Waals surface area contributed by atoms with Crippen LogP contribution in [0.3, 0.4) is 0 Å². The molecule has 1 aromatic heterocycles. The van der Waals surface area contributed by atoms with Crippen molar-refractivity contribution >= 4 is 17.4 Å². The maximum absolute atomic E-state index is 14.7. The van der Waals surface area contributed by atoms with E-state index in [2.05, 4.69) is 20.4 Å². The van der Waals surface area contributed by atoms with Crippen LogP contribution in [0.1, 0.15) is 18.9 Å². The van der Waals surface area contributed by atoms with Gasteiger partial charge in [-0.2, -0.15) is 0 Å². The summed E-state index contributed by atoms with van der Waals surface area (Å²) in [6, 6.07) is 7.22. The van der Waals surface area contributed by atoms with Crippen LogP contribution >= 0.6 is 0 Å². The van der Waals surface area contributed by atoms with Gasteiger partial charge in [0.05, 0.1) is 16.9 Å². The first kappa shape index (κ1) is 21.2. The van der Waals surface area contributed by atoms with Crippen LogP contribution in [0, 0.1) is 17.5 Å². The first-order chi connectivity index (χ1) is 15.0. The molecule has 1 fully saturated rings. The fourth-order valence-electron chi connectivity index (χ4n) is 3.56. The van der Waals surface area contributed by atoms with Crippen molar-refractivity contribution < 1.29 is 17.6 Å². The van der Waals surface area contributed by atoms with Crippen molar-refractivity contribution in [3.63, 3.8) is 0 Å². The summed E-state index contributed by atoms with van der Waals surface area (Å²) in [6.07, 6.45) is 1.60. The minimum Gasteiger partial charge on any atom is -0.403 e. The predicted octanol–water partition coefficient (Wildman–Crippen LogP) is 4.60. The molecule has 0 bridgehead atoms. The first-order valence-corrected chi connectivity index (χ1v) is 10.3. The Morgan fingerprint density at radius 1 is 1.00 bits per heavy atom. The van der Waals surface area contributed by atoms with Gasteiger partial charge in [-0.05, 0) is 56.3 Å². The molecule has 0 amide bonds. The summed E-state index contributed by atoms with van der Waals surface area (Å²) in [6.45, 7) is 5.20. The van der Waals surface area contributed by atoms with Crippen molar-refractivity contribution in [3.05, 3.63) is 53.3 Å². The van der Waals surface area contributed by atoms with E-state index < -0.39 is 17.5 Å². The molecule has 0 saturated carbocycles. The topological polar surface area (TPSA) is 57.4 Å². The van der Waals surface area contributed by atoms with Gasteiger partial charge in [-0.15, -0.1) is 5.10 Å². The molecule has 0 radical (unpaired) electrons. The molecule has 1 aliphatic heterocycles. The number of aromatic nitrogens is 2. The standard InChI is InChI=1S/C22H24F3N5O/c1-3-14-5-8-18(17(24)13-14)26-20-15(6-7-16(23)19(20)25)21-27-28-22(31-21)30-10-4-9-29(2)11-12-30/h5-8,13,26H,3-4,9-12H2,1-2H3. The zero-order valence-corrected chi connectivity index (χ0v) is 17.5. The van der Waals surface area contributed by atoms with Crippen LogP contribution in [-0.4, -0.2) is 48.3 Å². The second-order valence-electron chi connectivity index (χ2n) is 7.61. The highest BCUT2D eigenvalue weighted by atomic mass is 19.2. The quantitative estimate of drug-likeness (QED) is 0.637. The molecule has 0 atom stereocenters. The van der Waals surface area contributed by atoms with Gasteiger partial charge in [-0.1, -0.05) is 18.1 Å². The lowest BCUT2D eigenvalue weighted by atomic mass is 10.1. The summed E-state index contributed by atoms with van der Waals surface area (Å²) in [5.41, 5.74) is 0.725. The van der Waals surface area contributed by atoms with Crippen LogP contribution in [0.25, 0.3) is 11.5 Å². The van der Waals surface area contributed by atoms with Crippen molar-refractivity contribution in [2.45, 2.75) is 19.8 Å². The number of hydrogen-bond acceptors (Lipinski definition) is 6. The van der Waals surface area contributed by atoms with Gasteiger partial charge in [-0.3, -0.25) is 0 Å². The molecule has 4 rings (SSSR count). The van der Waals surface area contributed by atoms with Gasteiger partial charge in [0, 0.05) is 19.6 Å². The first-order valence-electron chi connectivity index (χ1n) is 10.3. The minimum absolute atomic E-state index is 0.0262. The van der Waals surface area contributed by atoms with Crippen LogP contribution in [0.2, 0.25) is 0 Å². The molecule has 164 valence electrons. The Hall–Kier alpha value is -3.07. The Balaban J connectivity index is 1.67. The average molecular weight is 431 g/mol. The van der Waals surface area contributed by atoms with Crippen molar-refractivity contribution in [1.29, 1.82) is 0 Å². The van der Waals surface area contributed by atoms with Crippen LogP contribution in [0.4, 0.5) is 30.6 Å². The Morgan fingerprint density at radius 3 is 2.61 bits per heavy atom. The summed E-state index contributed by atoms with van der Waals surface area (Å²) in [7, 11) is 2.05. The van der Waals surface area contributed by atoms with E-state index in [-0.39, 0.29) is 22.8 Å². The third-order valence-electron chi connectivity index (χ3n) is 5.43. The van der Waals surface area contributed by atoms with E-state index in [0.29, 0.717) is 12.4 Å².